The van der Waals surface area contributed by atoms with Crippen LogP contribution < -0.4 is 4.74 Å². The monoisotopic (exact) mass is 294 g/mol. The van der Waals surface area contributed by atoms with Crippen molar-refractivity contribution in [2.75, 3.05) is 7.11 Å². The maximum absolute atomic E-state index is 5.25. The molecule has 2 aromatic carbocycles. The lowest BCUT2D eigenvalue weighted by atomic mass is 10.1. The van der Waals surface area contributed by atoms with Crippen LogP contribution in [0.25, 0.3) is 0 Å². The number of methoxy groups -OCH3 is 1. The van der Waals surface area contributed by atoms with Crippen molar-refractivity contribution in [1.29, 1.82) is 0 Å². The molecule has 0 aliphatic carbocycles. The minimum absolute atomic E-state index is 0.693. The van der Waals surface area contributed by atoms with E-state index in [1.54, 1.807) is 7.11 Å². The van der Waals surface area contributed by atoms with E-state index in [1.807, 2.05) is 41.1 Å². The van der Waals surface area contributed by atoms with Gasteiger partial charge in [0.1, 0.15) is 5.75 Å². The highest BCUT2D eigenvalue weighted by atomic mass is 16.5. The Bertz CT molecular complexity index is 724. The third-order valence-electron chi connectivity index (χ3n) is 3.56. The van der Waals surface area contributed by atoms with Crippen molar-refractivity contribution < 1.29 is 4.74 Å². The van der Waals surface area contributed by atoms with Gasteiger partial charge in [-0.05, 0) is 40.1 Å². The van der Waals surface area contributed by atoms with Crippen LogP contribution in [0.5, 0.6) is 5.75 Å². The van der Waals surface area contributed by atoms with E-state index < -0.39 is 0 Å². The summed E-state index contributed by atoms with van der Waals surface area (Å²) in [5, 5.41) is 12.0. The molecule has 22 heavy (non-hydrogen) atoms. The number of nitrogens with zero attached hydrogens (tertiary/aromatic N) is 4. The van der Waals surface area contributed by atoms with Crippen LogP contribution in [-0.2, 0) is 19.4 Å². The molecular formula is C17H18N4O. The Morgan fingerprint density at radius 2 is 1.82 bits per heavy atom. The van der Waals surface area contributed by atoms with Gasteiger partial charge in [0.15, 0.2) is 5.82 Å². The molecule has 0 bridgehead atoms. The van der Waals surface area contributed by atoms with E-state index in [1.165, 1.54) is 5.56 Å². The van der Waals surface area contributed by atoms with Gasteiger partial charge in [-0.25, -0.2) is 4.68 Å². The number of hydrogen-bond acceptors (Lipinski definition) is 4. The van der Waals surface area contributed by atoms with Crippen LogP contribution >= 0.6 is 0 Å². The summed E-state index contributed by atoms with van der Waals surface area (Å²) in [7, 11) is 1.67. The van der Waals surface area contributed by atoms with Gasteiger partial charge in [0.05, 0.1) is 7.11 Å². The summed E-state index contributed by atoms with van der Waals surface area (Å²) in [6.07, 6.45) is 1.61. The normalized spacial score (nSPS) is 10.6. The Morgan fingerprint density at radius 1 is 1.00 bits per heavy atom. The van der Waals surface area contributed by atoms with Crippen molar-refractivity contribution in [3.05, 3.63) is 71.5 Å². The molecule has 0 amide bonds. The van der Waals surface area contributed by atoms with Gasteiger partial charge < -0.3 is 4.74 Å². The summed E-state index contributed by atoms with van der Waals surface area (Å²) in [5.41, 5.74) is 2.42. The molecule has 0 aliphatic rings. The molecular weight excluding hydrogens is 276 g/mol. The maximum Gasteiger partial charge on any atom is 0.155 e. The van der Waals surface area contributed by atoms with Gasteiger partial charge in [-0.1, -0.05) is 42.5 Å². The molecule has 0 saturated heterocycles. The molecule has 0 unspecified atom stereocenters. The van der Waals surface area contributed by atoms with Crippen molar-refractivity contribution in [1.82, 2.24) is 20.2 Å². The van der Waals surface area contributed by atoms with E-state index in [4.69, 9.17) is 4.74 Å². The van der Waals surface area contributed by atoms with Crippen molar-refractivity contribution in [2.24, 2.45) is 0 Å². The molecule has 5 nitrogen and oxygen atoms in total. The first-order valence-electron chi connectivity index (χ1n) is 7.27. The van der Waals surface area contributed by atoms with E-state index in [2.05, 4.69) is 33.7 Å². The van der Waals surface area contributed by atoms with Gasteiger partial charge in [0.25, 0.3) is 0 Å². The molecule has 0 N–H and O–H groups in total. The van der Waals surface area contributed by atoms with Crippen LogP contribution in [0.2, 0.25) is 0 Å². The van der Waals surface area contributed by atoms with Gasteiger partial charge >= 0.3 is 0 Å². The summed E-state index contributed by atoms with van der Waals surface area (Å²) in [6, 6.07) is 18.3. The third kappa shape index (κ3) is 3.49. The van der Waals surface area contributed by atoms with Crippen LogP contribution in [0.3, 0.4) is 0 Å². The second-order valence-corrected chi connectivity index (χ2v) is 5.08. The quantitative estimate of drug-likeness (QED) is 0.701. The predicted octanol–water partition coefficient (Wildman–Crippen LogP) is 2.52. The molecule has 0 fully saturated rings. The highest BCUT2D eigenvalue weighted by molar-refractivity contribution is 5.30. The molecule has 1 aromatic heterocycles. The number of hydrogen-bond donors (Lipinski definition) is 0. The molecule has 0 radical (unpaired) electrons. The molecule has 3 aromatic rings. The largest absolute Gasteiger partial charge is 0.497 e. The predicted molar refractivity (Wildman–Crippen MR) is 83.8 cm³/mol. The molecule has 5 heteroatoms. The lowest BCUT2D eigenvalue weighted by Crippen LogP contribution is -2.08. The fourth-order valence-electron chi connectivity index (χ4n) is 2.37. The Labute approximate surface area is 129 Å². The lowest BCUT2D eigenvalue weighted by Gasteiger charge is -2.06. The second kappa shape index (κ2) is 6.85. The molecule has 0 saturated carbocycles. The second-order valence-electron chi connectivity index (χ2n) is 5.08. The van der Waals surface area contributed by atoms with Gasteiger partial charge in [-0.2, -0.15) is 0 Å². The smallest absolute Gasteiger partial charge is 0.155 e. The molecule has 1 heterocycles. The number of ether oxygens (including phenoxy) is 1. The Hall–Kier alpha value is -2.69. The zero-order valence-electron chi connectivity index (χ0n) is 12.5. The van der Waals surface area contributed by atoms with Crippen molar-refractivity contribution in [3.63, 3.8) is 0 Å². The number of tetrazole rings is 1. The van der Waals surface area contributed by atoms with E-state index in [-0.39, 0.29) is 0 Å². The summed E-state index contributed by atoms with van der Waals surface area (Å²) in [6.45, 7) is 0.774. The maximum atomic E-state index is 5.25. The average molecular weight is 294 g/mol. The zero-order chi connectivity index (χ0) is 15.2. The number of aromatic nitrogens is 4. The average Bonchev–Trinajstić information content (AvgIpc) is 3.01. The van der Waals surface area contributed by atoms with E-state index >= 15 is 0 Å². The summed E-state index contributed by atoms with van der Waals surface area (Å²) >= 11 is 0. The van der Waals surface area contributed by atoms with Gasteiger partial charge in [-0.3, -0.25) is 0 Å². The first-order valence-corrected chi connectivity index (χ1v) is 7.27. The Kier molecular flexibility index (Phi) is 4.44. The van der Waals surface area contributed by atoms with Crippen molar-refractivity contribution >= 4 is 0 Å². The molecule has 0 aliphatic heterocycles. The first-order chi connectivity index (χ1) is 10.8. The minimum atomic E-state index is 0.693. The van der Waals surface area contributed by atoms with Gasteiger partial charge in [0.2, 0.25) is 0 Å². The van der Waals surface area contributed by atoms with E-state index in [0.717, 1.165) is 30.1 Å². The van der Waals surface area contributed by atoms with Crippen LogP contribution in [0.1, 0.15) is 17.0 Å². The van der Waals surface area contributed by atoms with E-state index in [9.17, 15) is 0 Å². The first kappa shape index (κ1) is 14.3. The van der Waals surface area contributed by atoms with E-state index in [0.29, 0.717) is 6.42 Å². The van der Waals surface area contributed by atoms with Crippen molar-refractivity contribution in [3.8, 4) is 5.75 Å². The fraction of sp³-hybridized carbons (Fsp3) is 0.235. The van der Waals surface area contributed by atoms with Crippen LogP contribution in [0.15, 0.2) is 54.6 Å². The zero-order valence-corrected chi connectivity index (χ0v) is 12.5. The fourth-order valence-corrected chi connectivity index (χ4v) is 2.37. The molecule has 0 atom stereocenters. The minimum Gasteiger partial charge on any atom is -0.497 e. The third-order valence-corrected chi connectivity index (χ3v) is 3.56. The highest BCUT2D eigenvalue weighted by Crippen LogP contribution is 2.15. The highest BCUT2D eigenvalue weighted by Gasteiger charge is 2.08. The lowest BCUT2D eigenvalue weighted by molar-refractivity contribution is 0.414. The molecule has 0 spiro atoms. The Morgan fingerprint density at radius 3 is 2.64 bits per heavy atom. The molecule has 3 rings (SSSR count). The number of benzene rings is 2. The summed E-state index contributed by atoms with van der Waals surface area (Å²) < 4.78 is 7.12. The summed E-state index contributed by atoms with van der Waals surface area (Å²) in [5.74, 6) is 1.71. The SMILES string of the molecule is COc1cccc(Cc2nnnn2CCc2ccccc2)c1. The van der Waals surface area contributed by atoms with Crippen LogP contribution in [0, 0.1) is 0 Å². The topological polar surface area (TPSA) is 52.8 Å². The molecule has 112 valence electrons. The summed E-state index contributed by atoms with van der Waals surface area (Å²) in [4.78, 5) is 0. The van der Waals surface area contributed by atoms with Gasteiger partial charge in [0, 0.05) is 13.0 Å². The van der Waals surface area contributed by atoms with Crippen molar-refractivity contribution in [2.45, 2.75) is 19.4 Å². The number of aryl methyl sites for hydroxylation is 2. The van der Waals surface area contributed by atoms with Gasteiger partial charge in [-0.15, -0.1) is 5.10 Å². The van der Waals surface area contributed by atoms with Crippen LogP contribution in [-0.4, -0.2) is 27.3 Å². The standard InChI is InChI=1S/C17H18N4O/c1-22-16-9-5-8-15(12-16)13-17-18-19-20-21(17)11-10-14-6-3-2-4-7-14/h2-9,12H,10-11,13H2,1H3. The number of rotatable bonds is 6. The Balaban J connectivity index is 1.69. The van der Waals surface area contributed by atoms with Crippen LogP contribution in [0.4, 0.5) is 0 Å².